The molecule has 2 heterocycles. The van der Waals surface area contributed by atoms with E-state index in [1.54, 1.807) is 6.07 Å². The lowest BCUT2D eigenvalue weighted by atomic mass is 9.95. The van der Waals surface area contributed by atoms with Gasteiger partial charge in [0, 0.05) is 37.0 Å². The highest BCUT2D eigenvalue weighted by Gasteiger charge is 2.28. The Morgan fingerprint density at radius 3 is 2.70 bits per heavy atom. The van der Waals surface area contributed by atoms with Gasteiger partial charge in [-0.25, -0.2) is 9.37 Å². The van der Waals surface area contributed by atoms with Crippen LogP contribution in [0, 0.1) is 11.7 Å². The van der Waals surface area contributed by atoms with Gasteiger partial charge >= 0.3 is 0 Å². The Balaban J connectivity index is 1.39. The van der Waals surface area contributed by atoms with Crippen LogP contribution in [0.15, 0.2) is 12.1 Å². The number of carbonyl (C=O) groups excluding carboxylic acids is 1. The number of aromatic amines is 1. The zero-order chi connectivity index (χ0) is 18.8. The monoisotopic (exact) mass is 392 g/mol. The average molecular weight is 393 g/mol. The number of imidazole rings is 1. The number of fused-ring (bicyclic) bond motifs is 1. The summed E-state index contributed by atoms with van der Waals surface area (Å²) in [5, 5.41) is 3.22. The number of amides is 1. The Hall–Kier alpha value is -1.82. The van der Waals surface area contributed by atoms with Crippen LogP contribution in [0.5, 0.6) is 0 Å². The molecule has 2 aliphatic rings. The molecule has 2 aromatic rings. The summed E-state index contributed by atoms with van der Waals surface area (Å²) in [6.45, 7) is 1.55. The van der Waals surface area contributed by atoms with Gasteiger partial charge in [-0.2, -0.15) is 0 Å². The van der Waals surface area contributed by atoms with Crippen molar-refractivity contribution >= 4 is 34.5 Å². The summed E-state index contributed by atoms with van der Waals surface area (Å²) in [4.78, 5) is 22.5. The maximum absolute atomic E-state index is 14.1. The smallest absolute Gasteiger partial charge is 0.223 e. The summed E-state index contributed by atoms with van der Waals surface area (Å²) in [6, 6.07) is 3.65. The Kier molecular flexibility index (Phi) is 5.53. The number of piperidine rings is 1. The number of nitrogens with zero attached hydrogens (tertiary/aromatic N) is 2. The number of alkyl halides is 1. The molecule has 0 spiro atoms. The van der Waals surface area contributed by atoms with Crippen molar-refractivity contribution in [2.75, 3.05) is 23.9 Å². The second-order valence-corrected chi connectivity index (χ2v) is 8.09. The number of rotatable bonds is 5. The summed E-state index contributed by atoms with van der Waals surface area (Å²) in [7, 11) is 0. The van der Waals surface area contributed by atoms with Crippen molar-refractivity contribution in [1.82, 2.24) is 15.3 Å². The van der Waals surface area contributed by atoms with Gasteiger partial charge in [-0.3, -0.25) is 4.79 Å². The molecule has 1 aromatic carbocycles. The zero-order valence-electron chi connectivity index (χ0n) is 15.4. The van der Waals surface area contributed by atoms with Crippen LogP contribution >= 0.6 is 11.6 Å². The molecule has 0 atom stereocenters. The van der Waals surface area contributed by atoms with E-state index < -0.39 is 0 Å². The fraction of sp³-hybridized carbons (Fsp3) is 0.600. The van der Waals surface area contributed by atoms with E-state index in [1.165, 1.54) is 18.9 Å². The van der Waals surface area contributed by atoms with Gasteiger partial charge in [0.2, 0.25) is 11.9 Å². The number of aromatic nitrogens is 2. The first-order valence-electron chi connectivity index (χ1n) is 9.93. The number of aryl methyl sites for hydroxylation is 1. The van der Waals surface area contributed by atoms with E-state index in [-0.39, 0.29) is 17.6 Å². The van der Waals surface area contributed by atoms with Gasteiger partial charge in [0.1, 0.15) is 5.82 Å². The highest BCUT2D eigenvalue weighted by atomic mass is 35.5. The van der Waals surface area contributed by atoms with E-state index in [0.29, 0.717) is 29.4 Å². The SMILES string of the molecule is O=C(NC1CCCC1)C1CCN(c2nc3cc(F)c(CCCl)cc3[nH]2)CC1. The van der Waals surface area contributed by atoms with E-state index in [2.05, 4.69) is 20.2 Å². The van der Waals surface area contributed by atoms with Crippen molar-refractivity contribution in [2.24, 2.45) is 5.92 Å². The summed E-state index contributed by atoms with van der Waals surface area (Å²) >= 11 is 5.75. The lowest BCUT2D eigenvalue weighted by Crippen LogP contribution is -2.43. The number of halogens is 2. The number of carbonyl (C=O) groups is 1. The molecule has 1 saturated heterocycles. The molecule has 5 nitrogen and oxygen atoms in total. The Morgan fingerprint density at radius 1 is 1.26 bits per heavy atom. The fourth-order valence-electron chi connectivity index (χ4n) is 4.25. The van der Waals surface area contributed by atoms with Gasteiger partial charge in [0.25, 0.3) is 0 Å². The van der Waals surface area contributed by atoms with Gasteiger partial charge in [-0.1, -0.05) is 12.8 Å². The summed E-state index contributed by atoms with van der Waals surface area (Å²) in [5.41, 5.74) is 2.06. The second-order valence-electron chi connectivity index (χ2n) is 7.71. The molecule has 4 rings (SSSR count). The van der Waals surface area contributed by atoms with Crippen LogP contribution in [0.4, 0.5) is 10.3 Å². The van der Waals surface area contributed by atoms with Gasteiger partial charge < -0.3 is 15.2 Å². The number of nitrogens with one attached hydrogen (secondary N) is 2. The van der Waals surface area contributed by atoms with Crippen molar-refractivity contribution < 1.29 is 9.18 Å². The molecule has 1 aromatic heterocycles. The van der Waals surface area contributed by atoms with E-state index in [4.69, 9.17) is 11.6 Å². The molecule has 7 heteroatoms. The zero-order valence-corrected chi connectivity index (χ0v) is 16.2. The van der Waals surface area contributed by atoms with E-state index >= 15 is 0 Å². The minimum Gasteiger partial charge on any atom is -0.353 e. The Bertz CT molecular complexity index is 810. The van der Waals surface area contributed by atoms with E-state index in [1.807, 2.05) is 0 Å². The molecule has 0 unspecified atom stereocenters. The van der Waals surface area contributed by atoms with Crippen molar-refractivity contribution in [3.05, 3.63) is 23.5 Å². The molecule has 1 saturated carbocycles. The molecular formula is C20H26ClFN4O. The number of hydrogen-bond acceptors (Lipinski definition) is 3. The predicted octanol–water partition coefficient (Wildman–Crippen LogP) is 3.76. The largest absolute Gasteiger partial charge is 0.353 e. The van der Waals surface area contributed by atoms with Crippen LogP contribution in [0.25, 0.3) is 11.0 Å². The third kappa shape index (κ3) is 4.05. The molecular weight excluding hydrogens is 367 g/mol. The Labute approximate surface area is 163 Å². The van der Waals surface area contributed by atoms with Crippen LogP contribution in [0.1, 0.15) is 44.1 Å². The second kappa shape index (κ2) is 8.05. The number of hydrogen-bond donors (Lipinski definition) is 2. The van der Waals surface area contributed by atoms with Crippen LogP contribution in [-0.4, -0.2) is 40.9 Å². The maximum Gasteiger partial charge on any atom is 0.223 e. The van der Waals surface area contributed by atoms with Gasteiger partial charge in [-0.05, 0) is 43.7 Å². The minimum absolute atomic E-state index is 0.0824. The number of H-pyrrole nitrogens is 1. The van der Waals surface area contributed by atoms with Crippen LogP contribution < -0.4 is 10.2 Å². The maximum atomic E-state index is 14.1. The molecule has 1 aliphatic carbocycles. The Morgan fingerprint density at radius 2 is 2.00 bits per heavy atom. The summed E-state index contributed by atoms with van der Waals surface area (Å²) in [5.74, 6) is 1.17. The fourth-order valence-corrected chi connectivity index (χ4v) is 4.45. The van der Waals surface area contributed by atoms with E-state index in [9.17, 15) is 9.18 Å². The van der Waals surface area contributed by atoms with Crippen molar-refractivity contribution in [3.63, 3.8) is 0 Å². The quantitative estimate of drug-likeness (QED) is 0.761. The molecule has 2 fully saturated rings. The summed E-state index contributed by atoms with van der Waals surface area (Å²) < 4.78 is 14.1. The first-order valence-corrected chi connectivity index (χ1v) is 10.5. The molecule has 1 amide bonds. The normalized spacial score (nSPS) is 19.1. The lowest BCUT2D eigenvalue weighted by Gasteiger charge is -2.31. The molecule has 0 bridgehead atoms. The van der Waals surface area contributed by atoms with Crippen molar-refractivity contribution in [3.8, 4) is 0 Å². The van der Waals surface area contributed by atoms with Crippen molar-refractivity contribution in [2.45, 2.75) is 51.0 Å². The number of benzene rings is 1. The van der Waals surface area contributed by atoms with E-state index in [0.717, 1.165) is 50.2 Å². The highest BCUT2D eigenvalue weighted by molar-refractivity contribution is 6.18. The third-order valence-electron chi connectivity index (χ3n) is 5.87. The number of anilines is 1. The summed E-state index contributed by atoms with van der Waals surface area (Å²) in [6.07, 6.45) is 6.82. The van der Waals surface area contributed by atoms with Gasteiger partial charge in [0.05, 0.1) is 11.0 Å². The molecule has 2 N–H and O–H groups in total. The average Bonchev–Trinajstić information content (AvgIpc) is 3.32. The van der Waals surface area contributed by atoms with Crippen LogP contribution in [-0.2, 0) is 11.2 Å². The highest BCUT2D eigenvalue weighted by Crippen LogP contribution is 2.26. The third-order valence-corrected chi connectivity index (χ3v) is 6.06. The minimum atomic E-state index is -0.261. The topological polar surface area (TPSA) is 61.0 Å². The predicted molar refractivity (Wildman–Crippen MR) is 106 cm³/mol. The molecule has 0 radical (unpaired) electrons. The molecule has 27 heavy (non-hydrogen) atoms. The standard InChI is InChI=1S/C20H26ClFN4O/c21-8-5-14-11-17-18(12-16(14)22)25-20(24-17)26-9-6-13(7-10-26)19(27)23-15-3-1-2-4-15/h11-13,15H,1-10H2,(H,23,27)(H,24,25). The van der Waals surface area contributed by atoms with Crippen molar-refractivity contribution in [1.29, 1.82) is 0 Å². The molecule has 146 valence electrons. The van der Waals surface area contributed by atoms with Crippen LogP contribution in [0.2, 0.25) is 0 Å². The van der Waals surface area contributed by atoms with Gasteiger partial charge in [-0.15, -0.1) is 11.6 Å². The first kappa shape index (κ1) is 18.5. The first-order chi connectivity index (χ1) is 13.1. The van der Waals surface area contributed by atoms with Gasteiger partial charge in [0.15, 0.2) is 0 Å². The molecule has 1 aliphatic heterocycles. The lowest BCUT2D eigenvalue weighted by molar-refractivity contribution is -0.126. The van der Waals surface area contributed by atoms with Crippen LogP contribution in [0.3, 0.4) is 0 Å².